The molecular formula is C19H22ClN3O. The third-order valence-electron chi connectivity index (χ3n) is 3.77. The molecule has 0 aliphatic carbocycles. The zero-order valence-corrected chi connectivity index (χ0v) is 15.0. The summed E-state index contributed by atoms with van der Waals surface area (Å²) in [6, 6.07) is 13.3. The van der Waals surface area contributed by atoms with E-state index in [1.54, 1.807) is 18.3 Å². The summed E-state index contributed by atoms with van der Waals surface area (Å²) in [4.78, 5) is 14.3. The van der Waals surface area contributed by atoms with Gasteiger partial charge in [0.1, 0.15) is 0 Å². The van der Waals surface area contributed by atoms with Gasteiger partial charge in [0.2, 0.25) is 0 Å². The van der Waals surface area contributed by atoms with Crippen molar-refractivity contribution >= 4 is 29.4 Å². The fourth-order valence-corrected chi connectivity index (χ4v) is 2.71. The lowest BCUT2D eigenvalue weighted by Gasteiger charge is -2.20. The summed E-state index contributed by atoms with van der Waals surface area (Å²) in [5.41, 5.74) is 6.02. The molecule has 0 aliphatic heterocycles. The van der Waals surface area contributed by atoms with Crippen LogP contribution in [0.3, 0.4) is 0 Å². The maximum absolute atomic E-state index is 12.1. The zero-order valence-electron chi connectivity index (χ0n) is 14.2. The molecule has 126 valence electrons. The van der Waals surface area contributed by atoms with Gasteiger partial charge in [-0.2, -0.15) is 5.10 Å². The van der Waals surface area contributed by atoms with Gasteiger partial charge in [0.15, 0.2) is 0 Å². The van der Waals surface area contributed by atoms with Crippen LogP contribution in [-0.2, 0) is 0 Å². The van der Waals surface area contributed by atoms with Gasteiger partial charge in [-0.1, -0.05) is 29.8 Å². The Morgan fingerprint density at radius 2 is 1.83 bits per heavy atom. The van der Waals surface area contributed by atoms with Crippen molar-refractivity contribution in [3.63, 3.8) is 0 Å². The highest BCUT2D eigenvalue weighted by Crippen LogP contribution is 2.17. The highest BCUT2D eigenvalue weighted by molar-refractivity contribution is 6.33. The third kappa shape index (κ3) is 4.59. The minimum absolute atomic E-state index is 0.323. The normalized spacial score (nSPS) is 10.8. The Morgan fingerprint density at radius 1 is 1.17 bits per heavy atom. The molecule has 1 N–H and O–H groups in total. The van der Waals surface area contributed by atoms with Crippen LogP contribution in [0.25, 0.3) is 0 Å². The molecule has 0 bridgehead atoms. The summed E-state index contributed by atoms with van der Waals surface area (Å²) < 4.78 is 0. The lowest BCUT2D eigenvalue weighted by molar-refractivity contribution is 0.0955. The van der Waals surface area contributed by atoms with Crippen LogP contribution in [0.15, 0.2) is 47.6 Å². The molecule has 0 radical (unpaired) electrons. The largest absolute Gasteiger partial charge is 0.372 e. The van der Waals surface area contributed by atoms with Crippen molar-refractivity contribution in [2.24, 2.45) is 5.10 Å². The number of hydrogen-bond donors (Lipinski definition) is 1. The molecule has 5 heteroatoms. The highest BCUT2D eigenvalue weighted by atomic mass is 35.5. The number of hydrazone groups is 1. The molecule has 0 aromatic heterocycles. The Kier molecular flexibility index (Phi) is 6.38. The summed E-state index contributed by atoms with van der Waals surface area (Å²) in [6.45, 7) is 8.12. The SMILES string of the molecule is CCN(CC)c1ccc(C=NNC(=O)c2ccc(C)cc2Cl)cc1. The van der Waals surface area contributed by atoms with Crippen molar-refractivity contribution in [1.82, 2.24) is 5.43 Å². The Morgan fingerprint density at radius 3 is 2.42 bits per heavy atom. The first-order chi connectivity index (χ1) is 11.5. The number of carbonyl (C=O) groups excluding carboxylic acids is 1. The lowest BCUT2D eigenvalue weighted by atomic mass is 10.1. The number of nitrogens with one attached hydrogen (secondary N) is 1. The molecule has 2 rings (SSSR count). The predicted octanol–water partition coefficient (Wildman–Crippen LogP) is 4.26. The van der Waals surface area contributed by atoms with Gasteiger partial charge in [-0.15, -0.1) is 0 Å². The van der Waals surface area contributed by atoms with Crippen LogP contribution in [0.1, 0.15) is 35.3 Å². The van der Waals surface area contributed by atoms with Gasteiger partial charge in [-0.3, -0.25) is 4.79 Å². The number of amides is 1. The van der Waals surface area contributed by atoms with E-state index < -0.39 is 0 Å². The zero-order chi connectivity index (χ0) is 17.5. The van der Waals surface area contributed by atoms with Crippen LogP contribution in [0.2, 0.25) is 5.02 Å². The van der Waals surface area contributed by atoms with E-state index in [2.05, 4.69) is 29.3 Å². The van der Waals surface area contributed by atoms with Crippen LogP contribution in [0.4, 0.5) is 5.69 Å². The van der Waals surface area contributed by atoms with E-state index in [1.807, 2.05) is 37.3 Å². The topological polar surface area (TPSA) is 44.7 Å². The molecule has 0 atom stereocenters. The molecular weight excluding hydrogens is 322 g/mol. The van der Waals surface area contributed by atoms with Crippen molar-refractivity contribution in [3.8, 4) is 0 Å². The average Bonchev–Trinajstić information content (AvgIpc) is 2.57. The van der Waals surface area contributed by atoms with E-state index in [0.717, 1.165) is 24.2 Å². The van der Waals surface area contributed by atoms with Gasteiger partial charge < -0.3 is 4.90 Å². The van der Waals surface area contributed by atoms with Gasteiger partial charge in [-0.05, 0) is 56.2 Å². The second-order valence-corrected chi connectivity index (χ2v) is 5.85. The maximum Gasteiger partial charge on any atom is 0.272 e. The van der Waals surface area contributed by atoms with E-state index in [9.17, 15) is 4.79 Å². The van der Waals surface area contributed by atoms with Crippen LogP contribution < -0.4 is 10.3 Å². The summed E-state index contributed by atoms with van der Waals surface area (Å²) in [5.74, 6) is -0.323. The predicted molar refractivity (Wildman–Crippen MR) is 101 cm³/mol. The Hall–Kier alpha value is -2.33. The molecule has 1 amide bonds. The molecule has 0 spiro atoms. The molecule has 2 aromatic rings. The van der Waals surface area contributed by atoms with E-state index >= 15 is 0 Å². The van der Waals surface area contributed by atoms with Crippen molar-refractivity contribution < 1.29 is 4.79 Å². The van der Waals surface area contributed by atoms with Gasteiger partial charge in [0.25, 0.3) is 5.91 Å². The highest BCUT2D eigenvalue weighted by Gasteiger charge is 2.09. The van der Waals surface area contributed by atoms with Crippen LogP contribution >= 0.6 is 11.6 Å². The summed E-state index contributed by atoms with van der Waals surface area (Å²) in [7, 11) is 0. The second-order valence-electron chi connectivity index (χ2n) is 5.45. The molecule has 24 heavy (non-hydrogen) atoms. The number of benzene rings is 2. The number of aryl methyl sites for hydroxylation is 1. The summed E-state index contributed by atoms with van der Waals surface area (Å²) in [6.07, 6.45) is 1.62. The fraction of sp³-hybridized carbons (Fsp3) is 0.263. The Balaban J connectivity index is 1.99. The smallest absolute Gasteiger partial charge is 0.272 e. The molecule has 0 unspecified atom stereocenters. The van der Waals surface area contributed by atoms with Crippen LogP contribution in [0.5, 0.6) is 0 Å². The standard InChI is InChI=1S/C19H22ClN3O/c1-4-23(5-2)16-9-7-15(8-10-16)13-21-22-19(24)17-11-6-14(3)12-18(17)20/h6-13H,4-5H2,1-3H3,(H,22,24). The molecule has 0 saturated heterocycles. The third-order valence-corrected chi connectivity index (χ3v) is 4.08. The average molecular weight is 344 g/mol. The first kappa shape index (κ1) is 18.0. The second kappa shape index (κ2) is 8.50. The van der Waals surface area contributed by atoms with E-state index in [-0.39, 0.29) is 5.91 Å². The van der Waals surface area contributed by atoms with E-state index in [4.69, 9.17) is 11.6 Å². The Bertz CT molecular complexity index is 722. The van der Waals surface area contributed by atoms with Gasteiger partial charge in [-0.25, -0.2) is 5.43 Å². The Labute approximate surface area is 148 Å². The molecule has 0 fully saturated rings. The first-order valence-corrected chi connectivity index (χ1v) is 8.37. The number of carbonyl (C=O) groups is 1. The van der Waals surface area contributed by atoms with Gasteiger partial charge in [0, 0.05) is 18.8 Å². The minimum Gasteiger partial charge on any atom is -0.372 e. The van der Waals surface area contributed by atoms with Crippen molar-refractivity contribution in [2.75, 3.05) is 18.0 Å². The van der Waals surface area contributed by atoms with E-state index in [0.29, 0.717) is 10.6 Å². The molecule has 0 saturated carbocycles. The van der Waals surface area contributed by atoms with Crippen molar-refractivity contribution in [3.05, 3.63) is 64.2 Å². The lowest BCUT2D eigenvalue weighted by Crippen LogP contribution is -2.21. The van der Waals surface area contributed by atoms with Crippen LogP contribution in [0, 0.1) is 6.92 Å². The number of hydrogen-bond acceptors (Lipinski definition) is 3. The monoisotopic (exact) mass is 343 g/mol. The summed E-state index contributed by atoms with van der Waals surface area (Å²) in [5, 5.41) is 4.42. The number of halogens is 1. The molecule has 2 aromatic carbocycles. The quantitative estimate of drug-likeness (QED) is 0.629. The van der Waals surface area contributed by atoms with Crippen LogP contribution in [-0.4, -0.2) is 25.2 Å². The fourth-order valence-electron chi connectivity index (χ4n) is 2.39. The van der Waals surface area contributed by atoms with E-state index in [1.165, 1.54) is 5.69 Å². The number of nitrogens with zero attached hydrogens (tertiary/aromatic N) is 2. The number of rotatable bonds is 6. The molecule has 4 nitrogen and oxygen atoms in total. The maximum atomic E-state index is 12.1. The van der Waals surface area contributed by atoms with Crippen molar-refractivity contribution in [1.29, 1.82) is 0 Å². The number of anilines is 1. The van der Waals surface area contributed by atoms with Gasteiger partial charge in [0.05, 0.1) is 16.8 Å². The summed E-state index contributed by atoms with van der Waals surface area (Å²) >= 11 is 6.08. The van der Waals surface area contributed by atoms with Crippen molar-refractivity contribution in [2.45, 2.75) is 20.8 Å². The molecule has 0 aliphatic rings. The molecule has 0 heterocycles. The van der Waals surface area contributed by atoms with Gasteiger partial charge >= 0.3 is 0 Å². The minimum atomic E-state index is -0.323. The first-order valence-electron chi connectivity index (χ1n) is 7.99.